The predicted octanol–water partition coefficient (Wildman–Crippen LogP) is 4.09. The molecule has 0 atom stereocenters. The molecule has 2 aromatic rings. The first-order chi connectivity index (χ1) is 10.5. The zero-order chi connectivity index (χ0) is 16.1. The Bertz CT molecular complexity index is 768. The van der Waals surface area contributed by atoms with E-state index in [1.807, 2.05) is 32.0 Å². The van der Waals surface area contributed by atoms with E-state index in [1.54, 1.807) is 30.3 Å². The molecular weight excluding hydrogens is 278 g/mol. The minimum atomic E-state index is -1.24. The van der Waals surface area contributed by atoms with Gasteiger partial charge in [-0.25, -0.2) is 4.79 Å². The number of hydrogen-bond acceptors (Lipinski definition) is 3. The van der Waals surface area contributed by atoms with Crippen molar-refractivity contribution in [3.05, 3.63) is 64.7 Å². The van der Waals surface area contributed by atoms with E-state index in [4.69, 9.17) is 15.1 Å². The SMILES string of the molecule is Cc1ccc(C)c(Oc2ccc(C=C(C#N)C(=O)O)cc2)c1. The molecule has 0 amide bonds. The molecule has 0 heterocycles. The van der Waals surface area contributed by atoms with E-state index >= 15 is 0 Å². The smallest absolute Gasteiger partial charge is 0.346 e. The maximum Gasteiger partial charge on any atom is 0.346 e. The average molecular weight is 293 g/mol. The van der Waals surface area contributed by atoms with Gasteiger partial charge >= 0.3 is 5.97 Å². The van der Waals surface area contributed by atoms with Crippen molar-refractivity contribution >= 4 is 12.0 Å². The summed E-state index contributed by atoms with van der Waals surface area (Å²) in [7, 11) is 0. The molecule has 0 fully saturated rings. The highest BCUT2D eigenvalue weighted by Crippen LogP contribution is 2.26. The van der Waals surface area contributed by atoms with Gasteiger partial charge in [0, 0.05) is 0 Å². The fourth-order valence-corrected chi connectivity index (χ4v) is 1.88. The second-order valence-electron chi connectivity index (χ2n) is 4.92. The molecule has 0 radical (unpaired) electrons. The van der Waals surface area contributed by atoms with Crippen LogP contribution in [0.15, 0.2) is 48.0 Å². The summed E-state index contributed by atoms with van der Waals surface area (Å²) in [6.07, 6.45) is 1.32. The first kappa shape index (κ1) is 15.3. The Balaban J connectivity index is 2.21. The molecule has 0 aliphatic heterocycles. The van der Waals surface area contributed by atoms with Gasteiger partial charge in [-0.05, 0) is 54.8 Å². The normalized spacial score (nSPS) is 10.9. The molecule has 0 saturated heterocycles. The minimum absolute atomic E-state index is 0.303. The van der Waals surface area contributed by atoms with Crippen molar-refractivity contribution in [1.29, 1.82) is 5.26 Å². The lowest BCUT2D eigenvalue weighted by atomic mass is 10.1. The molecule has 0 aliphatic rings. The molecule has 2 aromatic carbocycles. The number of benzene rings is 2. The Labute approximate surface area is 128 Å². The lowest BCUT2D eigenvalue weighted by Crippen LogP contribution is -1.97. The van der Waals surface area contributed by atoms with Crippen molar-refractivity contribution in [3.63, 3.8) is 0 Å². The number of carbonyl (C=O) groups is 1. The summed E-state index contributed by atoms with van der Waals surface area (Å²) < 4.78 is 5.82. The number of nitrogens with zero attached hydrogens (tertiary/aromatic N) is 1. The van der Waals surface area contributed by atoms with E-state index in [-0.39, 0.29) is 5.57 Å². The predicted molar refractivity (Wildman–Crippen MR) is 83.7 cm³/mol. The van der Waals surface area contributed by atoms with Gasteiger partial charge in [0.1, 0.15) is 23.1 Å². The molecule has 4 heteroatoms. The van der Waals surface area contributed by atoms with Crippen molar-refractivity contribution in [3.8, 4) is 17.6 Å². The summed E-state index contributed by atoms with van der Waals surface area (Å²) >= 11 is 0. The van der Waals surface area contributed by atoms with Gasteiger partial charge in [0.25, 0.3) is 0 Å². The largest absolute Gasteiger partial charge is 0.477 e. The van der Waals surface area contributed by atoms with Crippen LogP contribution >= 0.6 is 0 Å². The van der Waals surface area contributed by atoms with E-state index < -0.39 is 5.97 Å². The molecular formula is C18H15NO3. The average Bonchev–Trinajstić information content (AvgIpc) is 2.50. The highest BCUT2D eigenvalue weighted by Gasteiger charge is 2.06. The number of aryl methyl sites for hydroxylation is 2. The van der Waals surface area contributed by atoms with Crippen LogP contribution in [0.4, 0.5) is 0 Å². The molecule has 110 valence electrons. The zero-order valence-electron chi connectivity index (χ0n) is 12.3. The second-order valence-corrected chi connectivity index (χ2v) is 4.92. The molecule has 2 rings (SSSR count). The molecule has 0 aromatic heterocycles. The Morgan fingerprint density at radius 1 is 1.18 bits per heavy atom. The van der Waals surface area contributed by atoms with Crippen LogP contribution < -0.4 is 4.74 Å². The molecule has 0 saturated carbocycles. The lowest BCUT2D eigenvalue weighted by Gasteiger charge is -2.09. The van der Waals surface area contributed by atoms with Crippen molar-refractivity contribution < 1.29 is 14.6 Å². The standard InChI is InChI=1S/C18H15NO3/c1-12-3-4-13(2)17(9-12)22-16-7-5-14(6-8-16)10-15(11-19)18(20)21/h3-10H,1-2H3,(H,20,21). The summed E-state index contributed by atoms with van der Waals surface area (Å²) in [6.45, 7) is 3.97. The van der Waals surface area contributed by atoms with Crippen molar-refractivity contribution in [1.82, 2.24) is 0 Å². The van der Waals surface area contributed by atoms with Crippen molar-refractivity contribution in [2.24, 2.45) is 0 Å². The number of hydrogen-bond donors (Lipinski definition) is 1. The number of aliphatic carboxylic acids is 1. The molecule has 1 N–H and O–H groups in total. The summed E-state index contributed by atoms with van der Waals surface area (Å²) in [5, 5.41) is 17.6. The van der Waals surface area contributed by atoms with Gasteiger partial charge in [-0.1, -0.05) is 24.3 Å². The van der Waals surface area contributed by atoms with Gasteiger partial charge in [-0.15, -0.1) is 0 Å². The second kappa shape index (κ2) is 6.59. The molecule has 0 aliphatic carbocycles. The maximum atomic E-state index is 10.8. The van der Waals surface area contributed by atoms with Crippen LogP contribution in [0, 0.1) is 25.2 Å². The first-order valence-corrected chi connectivity index (χ1v) is 6.70. The Kier molecular flexibility index (Phi) is 4.60. The van der Waals surface area contributed by atoms with Crippen molar-refractivity contribution in [2.45, 2.75) is 13.8 Å². The number of ether oxygens (including phenoxy) is 1. The molecule has 0 unspecified atom stereocenters. The monoisotopic (exact) mass is 293 g/mol. The minimum Gasteiger partial charge on any atom is -0.477 e. The Hall–Kier alpha value is -3.06. The number of carboxylic acid groups (broad SMARTS) is 1. The fourth-order valence-electron chi connectivity index (χ4n) is 1.88. The molecule has 22 heavy (non-hydrogen) atoms. The van der Waals surface area contributed by atoms with Gasteiger partial charge in [-0.3, -0.25) is 0 Å². The highest BCUT2D eigenvalue weighted by atomic mass is 16.5. The fraction of sp³-hybridized carbons (Fsp3) is 0.111. The van der Waals surface area contributed by atoms with Crippen LogP contribution in [0.5, 0.6) is 11.5 Å². The summed E-state index contributed by atoms with van der Waals surface area (Å²) in [4.78, 5) is 10.8. The van der Waals surface area contributed by atoms with E-state index in [0.29, 0.717) is 11.3 Å². The van der Waals surface area contributed by atoms with Crippen LogP contribution in [0.2, 0.25) is 0 Å². The quantitative estimate of drug-likeness (QED) is 0.681. The van der Waals surface area contributed by atoms with Crippen LogP contribution in [-0.2, 0) is 4.79 Å². The summed E-state index contributed by atoms with van der Waals surface area (Å²) in [5.41, 5.74) is 2.47. The summed E-state index contributed by atoms with van der Waals surface area (Å²) in [5.74, 6) is 0.199. The van der Waals surface area contributed by atoms with Gasteiger partial charge in [0.05, 0.1) is 0 Å². The Morgan fingerprint density at radius 3 is 2.45 bits per heavy atom. The lowest BCUT2D eigenvalue weighted by molar-refractivity contribution is -0.132. The van der Waals surface area contributed by atoms with E-state index in [1.165, 1.54) is 6.08 Å². The van der Waals surface area contributed by atoms with Crippen LogP contribution in [0.3, 0.4) is 0 Å². The van der Waals surface area contributed by atoms with Crippen LogP contribution in [-0.4, -0.2) is 11.1 Å². The number of carboxylic acids is 1. The van der Waals surface area contributed by atoms with Crippen LogP contribution in [0.1, 0.15) is 16.7 Å². The van der Waals surface area contributed by atoms with Crippen molar-refractivity contribution in [2.75, 3.05) is 0 Å². The third-order valence-electron chi connectivity index (χ3n) is 3.11. The van der Waals surface area contributed by atoms with Gasteiger partial charge in [0.15, 0.2) is 0 Å². The highest BCUT2D eigenvalue weighted by molar-refractivity contribution is 5.96. The topological polar surface area (TPSA) is 70.3 Å². The number of nitriles is 1. The van der Waals surface area contributed by atoms with Gasteiger partial charge in [-0.2, -0.15) is 5.26 Å². The zero-order valence-corrected chi connectivity index (χ0v) is 12.3. The van der Waals surface area contributed by atoms with E-state index in [9.17, 15) is 4.79 Å². The maximum absolute atomic E-state index is 10.8. The van der Waals surface area contributed by atoms with Gasteiger partial charge < -0.3 is 9.84 Å². The van der Waals surface area contributed by atoms with Gasteiger partial charge in [0.2, 0.25) is 0 Å². The Morgan fingerprint density at radius 2 is 1.86 bits per heavy atom. The number of rotatable bonds is 4. The van der Waals surface area contributed by atoms with Crippen LogP contribution in [0.25, 0.3) is 6.08 Å². The van der Waals surface area contributed by atoms with E-state index in [2.05, 4.69) is 0 Å². The first-order valence-electron chi connectivity index (χ1n) is 6.70. The molecule has 0 spiro atoms. The molecule has 4 nitrogen and oxygen atoms in total. The molecule has 0 bridgehead atoms. The summed E-state index contributed by atoms with van der Waals surface area (Å²) in [6, 6.07) is 14.5. The third-order valence-corrected chi connectivity index (χ3v) is 3.11. The van der Waals surface area contributed by atoms with E-state index in [0.717, 1.165) is 16.9 Å². The third kappa shape index (κ3) is 3.74.